The van der Waals surface area contributed by atoms with Gasteiger partial charge in [0.25, 0.3) is 0 Å². The second kappa shape index (κ2) is 7.29. The maximum absolute atomic E-state index is 5.81. The average Bonchev–Trinajstić information content (AvgIpc) is 2.66. The van der Waals surface area contributed by atoms with Crippen LogP contribution in [0, 0.1) is 0 Å². The largest absolute Gasteiger partial charge is 0.323 e. The number of imidazole rings is 1. The van der Waals surface area contributed by atoms with E-state index in [0.29, 0.717) is 10.3 Å². The molecule has 0 saturated carbocycles. The molecule has 2 aromatic rings. The van der Waals surface area contributed by atoms with E-state index >= 15 is 0 Å². The van der Waals surface area contributed by atoms with Gasteiger partial charge in [-0.2, -0.15) is 0 Å². The third-order valence-corrected chi connectivity index (χ3v) is 4.03. The third-order valence-electron chi connectivity index (χ3n) is 2.46. The number of benzene rings is 1. The summed E-state index contributed by atoms with van der Waals surface area (Å²) in [7, 11) is 0. The number of aromatic nitrogens is 2. The van der Waals surface area contributed by atoms with Gasteiger partial charge in [-0.15, -0.1) is 12.4 Å². The smallest absolute Gasteiger partial charge is 0.168 e. The van der Waals surface area contributed by atoms with Crippen LogP contribution in [-0.4, -0.2) is 9.97 Å². The van der Waals surface area contributed by atoms with Crippen molar-refractivity contribution in [3.8, 4) is 0 Å². The summed E-state index contributed by atoms with van der Waals surface area (Å²) in [6, 6.07) is 8.40. The maximum atomic E-state index is 5.81. The van der Waals surface area contributed by atoms with Gasteiger partial charge in [0.05, 0.1) is 0 Å². The average molecular weight is 324 g/mol. The predicted octanol–water partition coefficient (Wildman–Crippen LogP) is 4.99. The predicted molar refractivity (Wildman–Crippen MR) is 81.2 cm³/mol. The van der Waals surface area contributed by atoms with E-state index in [9.17, 15) is 0 Å². The fraction of sp³-hybridized carbons (Fsp3) is 0.250. The summed E-state index contributed by atoms with van der Waals surface area (Å²) >= 11 is 13.2. The molecule has 0 aliphatic rings. The van der Waals surface area contributed by atoms with E-state index in [1.807, 2.05) is 0 Å². The standard InChI is InChI=1S/C12H12Cl2N2S.ClH/c1-2-8-5-3-4-6-9(8)7-17-12-15-10(13)11(14)16-12;/h3-6H,2,7H2,1H3,(H,15,16);1H. The first-order valence-electron chi connectivity index (χ1n) is 5.31. The zero-order valence-electron chi connectivity index (χ0n) is 9.74. The topological polar surface area (TPSA) is 28.7 Å². The van der Waals surface area contributed by atoms with E-state index in [1.165, 1.54) is 11.1 Å². The van der Waals surface area contributed by atoms with E-state index in [-0.39, 0.29) is 12.4 Å². The van der Waals surface area contributed by atoms with Gasteiger partial charge in [-0.25, -0.2) is 4.98 Å². The van der Waals surface area contributed by atoms with Crippen molar-refractivity contribution in [1.82, 2.24) is 9.97 Å². The van der Waals surface area contributed by atoms with Crippen LogP contribution in [-0.2, 0) is 12.2 Å². The molecule has 98 valence electrons. The number of aryl methyl sites for hydroxylation is 1. The Morgan fingerprint density at radius 2 is 1.89 bits per heavy atom. The lowest BCUT2D eigenvalue weighted by Crippen LogP contribution is -1.90. The summed E-state index contributed by atoms with van der Waals surface area (Å²) in [6.45, 7) is 2.16. The molecule has 0 amide bonds. The van der Waals surface area contributed by atoms with Gasteiger partial charge in [-0.05, 0) is 17.5 Å². The summed E-state index contributed by atoms with van der Waals surface area (Å²) in [4.78, 5) is 7.06. The second-order valence-corrected chi connectivity index (χ2v) is 5.26. The van der Waals surface area contributed by atoms with Crippen LogP contribution in [0.2, 0.25) is 10.3 Å². The van der Waals surface area contributed by atoms with Gasteiger partial charge in [0.2, 0.25) is 0 Å². The van der Waals surface area contributed by atoms with E-state index in [2.05, 4.69) is 41.2 Å². The number of hydrogen-bond donors (Lipinski definition) is 1. The third kappa shape index (κ3) is 3.82. The minimum atomic E-state index is 0. The Balaban J connectivity index is 0.00000162. The molecule has 0 spiro atoms. The first-order chi connectivity index (χ1) is 8.20. The lowest BCUT2D eigenvalue weighted by molar-refractivity contribution is 1.05. The molecule has 1 heterocycles. The zero-order chi connectivity index (χ0) is 12.3. The summed E-state index contributed by atoms with van der Waals surface area (Å²) in [5, 5.41) is 1.49. The maximum Gasteiger partial charge on any atom is 0.168 e. The fourth-order valence-electron chi connectivity index (χ4n) is 1.57. The highest BCUT2D eigenvalue weighted by molar-refractivity contribution is 7.98. The summed E-state index contributed by atoms with van der Waals surface area (Å²) in [5.74, 6) is 0.865. The normalized spacial score (nSPS) is 10.2. The summed E-state index contributed by atoms with van der Waals surface area (Å²) < 4.78 is 0. The van der Waals surface area contributed by atoms with Gasteiger partial charge >= 0.3 is 0 Å². The number of nitrogens with one attached hydrogen (secondary N) is 1. The molecule has 0 aliphatic carbocycles. The minimum Gasteiger partial charge on any atom is -0.323 e. The Bertz CT molecular complexity index is 494. The van der Waals surface area contributed by atoms with Crippen molar-refractivity contribution in [2.45, 2.75) is 24.3 Å². The van der Waals surface area contributed by atoms with Crippen molar-refractivity contribution >= 4 is 47.4 Å². The molecule has 1 aromatic heterocycles. The molecule has 2 rings (SSSR count). The molecule has 0 atom stereocenters. The molecule has 0 bridgehead atoms. The molecule has 18 heavy (non-hydrogen) atoms. The van der Waals surface area contributed by atoms with Gasteiger partial charge in [-0.3, -0.25) is 0 Å². The van der Waals surface area contributed by atoms with Crippen LogP contribution in [0.5, 0.6) is 0 Å². The van der Waals surface area contributed by atoms with Crippen molar-refractivity contribution in [2.24, 2.45) is 0 Å². The second-order valence-electron chi connectivity index (χ2n) is 3.56. The summed E-state index contributed by atoms with van der Waals surface area (Å²) in [6.07, 6.45) is 1.04. The molecule has 0 saturated heterocycles. The van der Waals surface area contributed by atoms with Crippen LogP contribution in [0.1, 0.15) is 18.1 Å². The number of nitrogens with zero attached hydrogens (tertiary/aromatic N) is 1. The first kappa shape index (κ1) is 15.7. The molecule has 0 unspecified atom stereocenters. The van der Waals surface area contributed by atoms with Crippen molar-refractivity contribution in [3.63, 3.8) is 0 Å². The van der Waals surface area contributed by atoms with Crippen molar-refractivity contribution in [2.75, 3.05) is 0 Å². The number of hydrogen-bond acceptors (Lipinski definition) is 2. The lowest BCUT2D eigenvalue weighted by atomic mass is 10.1. The Hall–Kier alpha value is -0.350. The van der Waals surface area contributed by atoms with Crippen LogP contribution >= 0.6 is 47.4 Å². The molecule has 2 nitrogen and oxygen atoms in total. The fourth-order valence-corrected chi connectivity index (χ4v) is 2.84. The number of aromatic amines is 1. The molecule has 0 fully saturated rings. The monoisotopic (exact) mass is 322 g/mol. The van der Waals surface area contributed by atoms with Gasteiger partial charge < -0.3 is 4.98 Å². The SMILES string of the molecule is CCc1ccccc1CSc1nc(Cl)c(Cl)[nH]1.Cl. The molecular formula is C12H13Cl3N2S. The van der Waals surface area contributed by atoms with Crippen molar-refractivity contribution < 1.29 is 0 Å². The highest BCUT2D eigenvalue weighted by Crippen LogP contribution is 2.27. The highest BCUT2D eigenvalue weighted by Gasteiger charge is 2.07. The van der Waals surface area contributed by atoms with Crippen LogP contribution < -0.4 is 0 Å². The van der Waals surface area contributed by atoms with Crippen LogP contribution in [0.3, 0.4) is 0 Å². The minimum absolute atomic E-state index is 0. The Morgan fingerprint density at radius 3 is 2.44 bits per heavy atom. The molecule has 6 heteroatoms. The molecule has 1 aromatic carbocycles. The zero-order valence-corrected chi connectivity index (χ0v) is 12.9. The van der Waals surface area contributed by atoms with E-state index < -0.39 is 0 Å². The molecule has 0 radical (unpaired) electrons. The number of rotatable bonds is 4. The quantitative estimate of drug-likeness (QED) is 0.803. The Morgan fingerprint density at radius 1 is 1.22 bits per heavy atom. The van der Waals surface area contributed by atoms with Crippen molar-refractivity contribution in [3.05, 3.63) is 45.7 Å². The molecule has 1 N–H and O–H groups in total. The number of halogens is 3. The first-order valence-corrected chi connectivity index (χ1v) is 7.05. The Labute approximate surface area is 127 Å². The van der Waals surface area contributed by atoms with E-state index in [1.54, 1.807) is 11.8 Å². The number of thioether (sulfide) groups is 1. The van der Waals surface area contributed by atoms with Gasteiger partial charge in [-0.1, -0.05) is 66.2 Å². The molecule has 0 aliphatic heterocycles. The van der Waals surface area contributed by atoms with Gasteiger partial charge in [0.1, 0.15) is 5.15 Å². The Kier molecular flexibility index (Phi) is 6.36. The van der Waals surface area contributed by atoms with Crippen LogP contribution in [0.15, 0.2) is 29.4 Å². The van der Waals surface area contributed by atoms with Crippen LogP contribution in [0.25, 0.3) is 0 Å². The van der Waals surface area contributed by atoms with Crippen LogP contribution in [0.4, 0.5) is 0 Å². The highest BCUT2D eigenvalue weighted by atomic mass is 35.5. The van der Waals surface area contributed by atoms with E-state index in [0.717, 1.165) is 17.3 Å². The molecular weight excluding hydrogens is 311 g/mol. The lowest BCUT2D eigenvalue weighted by Gasteiger charge is -2.05. The van der Waals surface area contributed by atoms with Gasteiger partial charge in [0.15, 0.2) is 10.3 Å². The van der Waals surface area contributed by atoms with E-state index in [4.69, 9.17) is 23.2 Å². The van der Waals surface area contributed by atoms with Gasteiger partial charge in [0, 0.05) is 5.75 Å². The van der Waals surface area contributed by atoms with Crippen molar-refractivity contribution in [1.29, 1.82) is 0 Å². The number of H-pyrrole nitrogens is 1. The summed E-state index contributed by atoms with van der Waals surface area (Å²) in [5.41, 5.74) is 2.69.